The van der Waals surface area contributed by atoms with Gasteiger partial charge >= 0.3 is 0 Å². The molecule has 0 radical (unpaired) electrons. The maximum absolute atomic E-state index is 13.3. The van der Waals surface area contributed by atoms with Crippen LogP contribution in [0.25, 0.3) is 0 Å². The number of likely N-dealkylation sites (tertiary alicyclic amines) is 1. The Hall–Kier alpha value is -2.32. The van der Waals surface area contributed by atoms with Crippen molar-refractivity contribution in [3.8, 4) is 5.75 Å². The van der Waals surface area contributed by atoms with Crippen LogP contribution in [0.4, 0.5) is 18.9 Å². The zero-order chi connectivity index (χ0) is 22.2. The van der Waals surface area contributed by atoms with Gasteiger partial charge in [-0.2, -0.15) is 0 Å². The number of unbranched alkanes of at least 4 members (excludes halogenated alkanes) is 1. The highest BCUT2D eigenvalue weighted by Gasteiger charge is 2.23. The number of hydrogen-bond acceptors (Lipinski definition) is 3. The maximum atomic E-state index is 13.3. The number of nitrogens with zero attached hydrogens (tertiary/aromatic N) is 2. The normalized spacial score (nSPS) is 15.0. The van der Waals surface area contributed by atoms with Gasteiger partial charge in [-0.25, -0.2) is 13.2 Å². The summed E-state index contributed by atoms with van der Waals surface area (Å²) >= 11 is 5.49. The van der Waals surface area contributed by atoms with Crippen LogP contribution in [0.15, 0.2) is 42.5 Å². The standard InChI is InChI=1S/C23H28F3N3OS/c1-28(23(31)27-18-6-4-5-17(24)15-18)19-9-12-29(13-10-19)11-2-3-14-30-20-7-8-21(25)22(26)16-20/h4-8,15-16,19H,2-3,9-14H2,1H3,(H,27,31). The molecule has 1 saturated heterocycles. The van der Waals surface area contributed by atoms with Crippen LogP contribution in [0.3, 0.4) is 0 Å². The van der Waals surface area contributed by atoms with E-state index in [1.807, 2.05) is 7.05 Å². The average molecular weight is 452 g/mol. The van der Waals surface area contributed by atoms with Gasteiger partial charge in [0.2, 0.25) is 0 Å². The van der Waals surface area contributed by atoms with E-state index < -0.39 is 11.6 Å². The molecule has 0 bridgehead atoms. The summed E-state index contributed by atoms with van der Waals surface area (Å²) in [4.78, 5) is 4.48. The second kappa shape index (κ2) is 11.3. The van der Waals surface area contributed by atoms with Gasteiger partial charge in [-0.05, 0) is 74.8 Å². The zero-order valence-corrected chi connectivity index (χ0v) is 18.4. The largest absolute Gasteiger partial charge is 0.493 e. The van der Waals surface area contributed by atoms with E-state index in [-0.39, 0.29) is 5.82 Å². The second-order valence-electron chi connectivity index (χ2n) is 7.76. The van der Waals surface area contributed by atoms with Crippen LogP contribution in [0, 0.1) is 17.5 Å². The molecule has 168 valence electrons. The van der Waals surface area contributed by atoms with Crippen molar-refractivity contribution in [2.24, 2.45) is 0 Å². The molecule has 1 fully saturated rings. The fourth-order valence-corrected chi connectivity index (χ4v) is 3.94. The monoisotopic (exact) mass is 451 g/mol. The lowest BCUT2D eigenvalue weighted by Gasteiger charge is -2.38. The summed E-state index contributed by atoms with van der Waals surface area (Å²) in [7, 11) is 1.98. The van der Waals surface area contributed by atoms with Crippen LogP contribution in [-0.2, 0) is 0 Å². The highest BCUT2D eigenvalue weighted by molar-refractivity contribution is 7.80. The predicted molar refractivity (Wildman–Crippen MR) is 121 cm³/mol. The molecular formula is C23H28F3N3OS. The van der Waals surface area contributed by atoms with Crippen molar-refractivity contribution in [2.75, 3.05) is 38.6 Å². The van der Waals surface area contributed by atoms with Crippen molar-refractivity contribution in [3.05, 3.63) is 59.9 Å². The SMILES string of the molecule is CN(C(=S)Nc1cccc(F)c1)C1CCN(CCCCOc2ccc(F)c(F)c2)CC1. The Balaban J connectivity index is 1.31. The summed E-state index contributed by atoms with van der Waals surface area (Å²) in [5.74, 6) is -1.70. The molecule has 3 rings (SSSR count). The number of hydrogen-bond donors (Lipinski definition) is 1. The van der Waals surface area contributed by atoms with Crippen molar-refractivity contribution < 1.29 is 17.9 Å². The van der Waals surface area contributed by atoms with Crippen molar-refractivity contribution in [2.45, 2.75) is 31.7 Å². The molecule has 2 aromatic rings. The average Bonchev–Trinajstić information content (AvgIpc) is 2.76. The molecule has 1 aliphatic rings. The van der Waals surface area contributed by atoms with E-state index in [1.165, 1.54) is 18.2 Å². The Morgan fingerprint density at radius 3 is 2.58 bits per heavy atom. The molecule has 0 amide bonds. The van der Waals surface area contributed by atoms with Crippen molar-refractivity contribution >= 4 is 23.0 Å². The molecule has 0 atom stereocenters. The molecule has 0 saturated carbocycles. The van der Waals surface area contributed by atoms with Gasteiger partial charge in [0.1, 0.15) is 11.6 Å². The Kier molecular flexibility index (Phi) is 8.54. The van der Waals surface area contributed by atoms with E-state index in [0.29, 0.717) is 29.2 Å². The molecule has 1 N–H and O–H groups in total. The Morgan fingerprint density at radius 1 is 1.10 bits per heavy atom. The maximum Gasteiger partial charge on any atom is 0.173 e. The number of halogens is 3. The lowest BCUT2D eigenvalue weighted by atomic mass is 10.0. The molecule has 1 heterocycles. The van der Waals surface area contributed by atoms with E-state index in [1.54, 1.807) is 12.1 Å². The topological polar surface area (TPSA) is 27.7 Å². The first kappa shape index (κ1) is 23.3. The third-order valence-electron chi connectivity index (χ3n) is 5.53. The number of ether oxygens (including phenoxy) is 1. The molecule has 0 aromatic heterocycles. The zero-order valence-electron chi connectivity index (χ0n) is 17.6. The molecule has 4 nitrogen and oxygen atoms in total. The third kappa shape index (κ3) is 7.11. The van der Waals surface area contributed by atoms with Crippen LogP contribution in [0.2, 0.25) is 0 Å². The van der Waals surface area contributed by atoms with Gasteiger partial charge < -0.3 is 19.9 Å². The van der Waals surface area contributed by atoms with Gasteiger partial charge in [-0.1, -0.05) is 6.07 Å². The molecule has 0 aliphatic carbocycles. The summed E-state index contributed by atoms with van der Waals surface area (Å²) in [6, 6.07) is 10.2. The second-order valence-corrected chi connectivity index (χ2v) is 8.14. The van der Waals surface area contributed by atoms with E-state index in [2.05, 4.69) is 15.1 Å². The predicted octanol–water partition coefficient (Wildman–Crippen LogP) is 5.06. The lowest BCUT2D eigenvalue weighted by Crippen LogP contribution is -2.47. The highest BCUT2D eigenvalue weighted by atomic mass is 32.1. The van der Waals surface area contributed by atoms with E-state index in [9.17, 15) is 13.2 Å². The number of nitrogens with one attached hydrogen (secondary N) is 1. The van der Waals surface area contributed by atoms with Crippen LogP contribution in [0.5, 0.6) is 5.75 Å². The summed E-state index contributed by atoms with van der Waals surface area (Å²) < 4.78 is 44.9. The summed E-state index contributed by atoms with van der Waals surface area (Å²) in [5.41, 5.74) is 0.653. The fourth-order valence-electron chi connectivity index (χ4n) is 3.67. The van der Waals surface area contributed by atoms with Gasteiger partial charge in [-0.3, -0.25) is 0 Å². The van der Waals surface area contributed by atoms with Crippen LogP contribution >= 0.6 is 12.2 Å². The molecule has 1 aliphatic heterocycles. The molecule has 31 heavy (non-hydrogen) atoms. The molecule has 2 aromatic carbocycles. The minimum atomic E-state index is -0.893. The number of piperidine rings is 1. The first-order valence-corrected chi connectivity index (χ1v) is 10.9. The van der Waals surface area contributed by atoms with Crippen LogP contribution in [-0.4, -0.2) is 54.2 Å². The van der Waals surface area contributed by atoms with E-state index >= 15 is 0 Å². The molecule has 0 spiro atoms. The Morgan fingerprint density at radius 2 is 1.87 bits per heavy atom. The molecule has 0 unspecified atom stereocenters. The number of anilines is 1. The number of benzene rings is 2. The highest BCUT2D eigenvalue weighted by Crippen LogP contribution is 2.19. The van der Waals surface area contributed by atoms with E-state index in [0.717, 1.165) is 57.5 Å². The summed E-state index contributed by atoms with van der Waals surface area (Å²) in [5, 5.41) is 3.70. The van der Waals surface area contributed by atoms with Crippen molar-refractivity contribution in [3.63, 3.8) is 0 Å². The van der Waals surface area contributed by atoms with Crippen LogP contribution < -0.4 is 10.1 Å². The van der Waals surface area contributed by atoms with Crippen molar-refractivity contribution in [1.29, 1.82) is 0 Å². The number of rotatable bonds is 8. The smallest absolute Gasteiger partial charge is 0.173 e. The van der Waals surface area contributed by atoms with Gasteiger partial charge in [-0.15, -0.1) is 0 Å². The van der Waals surface area contributed by atoms with Gasteiger partial charge in [0.15, 0.2) is 16.7 Å². The number of thiocarbonyl (C=S) groups is 1. The molecular weight excluding hydrogens is 423 g/mol. The minimum Gasteiger partial charge on any atom is -0.493 e. The Labute approximate surface area is 187 Å². The van der Waals surface area contributed by atoms with Gasteiger partial charge in [0, 0.05) is 37.9 Å². The minimum absolute atomic E-state index is 0.293. The third-order valence-corrected chi connectivity index (χ3v) is 5.92. The molecule has 8 heteroatoms. The van der Waals surface area contributed by atoms with Gasteiger partial charge in [0.25, 0.3) is 0 Å². The fraction of sp³-hybridized carbons (Fsp3) is 0.435. The summed E-state index contributed by atoms with van der Waals surface area (Å²) in [6.45, 7) is 3.43. The first-order valence-electron chi connectivity index (χ1n) is 10.5. The first-order chi connectivity index (χ1) is 14.9. The van der Waals surface area contributed by atoms with Gasteiger partial charge in [0.05, 0.1) is 6.61 Å². The quantitative estimate of drug-likeness (QED) is 0.448. The summed E-state index contributed by atoms with van der Waals surface area (Å²) in [6.07, 6.45) is 3.84. The van der Waals surface area contributed by atoms with Crippen molar-refractivity contribution in [1.82, 2.24) is 9.80 Å². The Bertz CT molecular complexity index is 875. The van der Waals surface area contributed by atoms with E-state index in [4.69, 9.17) is 17.0 Å². The lowest BCUT2D eigenvalue weighted by molar-refractivity contribution is 0.161. The van der Waals surface area contributed by atoms with Crippen LogP contribution in [0.1, 0.15) is 25.7 Å².